The molecule has 1 aliphatic heterocycles. The molecule has 88 valence electrons. The SMILES string of the molecule is Cc1cc(N)cnc1NCCC1CCOC1. The maximum Gasteiger partial charge on any atom is 0.128 e. The molecule has 2 rings (SSSR count). The smallest absolute Gasteiger partial charge is 0.128 e. The first-order valence-electron chi connectivity index (χ1n) is 5.79. The molecule has 16 heavy (non-hydrogen) atoms. The number of hydrogen-bond donors (Lipinski definition) is 2. The second-order valence-corrected chi connectivity index (χ2v) is 4.38. The van der Waals surface area contributed by atoms with Crippen LogP contribution in [0.15, 0.2) is 12.3 Å². The predicted molar refractivity (Wildman–Crippen MR) is 65.4 cm³/mol. The van der Waals surface area contributed by atoms with Crippen LogP contribution in [0.2, 0.25) is 0 Å². The van der Waals surface area contributed by atoms with Crippen molar-refractivity contribution in [2.45, 2.75) is 19.8 Å². The molecule has 0 aromatic carbocycles. The first kappa shape index (κ1) is 11.2. The van der Waals surface area contributed by atoms with E-state index in [-0.39, 0.29) is 0 Å². The topological polar surface area (TPSA) is 60.2 Å². The number of aromatic nitrogens is 1. The summed E-state index contributed by atoms with van der Waals surface area (Å²) >= 11 is 0. The summed E-state index contributed by atoms with van der Waals surface area (Å²) in [6.45, 7) is 4.80. The van der Waals surface area contributed by atoms with Gasteiger partial charge in [-0.1, -0.05) is 0 Å². The van der Waals surface area contributed by atoms with Gasteiger partial charge in [0.15, 0.2) is 0 Å². The van der Waals surface area contributed by atoms with Crippen molar-refractivity contribution in [1.29, 1.82) is 0 Å². The Morgan fingerprint density at radius 3 is 3.19 bits per heavy atom. The Labute approximate surface area is 96.2 Å². The minimum Gasteiger partial charge on any atom is -0.397 e. The quantitative estimate of drug-likeness (QED) is 0.814. The zero-order valence-corrected chi connectivity index (χ0v) is 9.70. The minimum absolute atomic E-state index is 0.710. The molecule has 1 atom stereocenters. The van der Waals surface area contributed by atoms with Crippen LogP contribution < -0.4 is 11.1 Å². The molecule has 0 aliphatic carbocycles. The van der Waals surface area contributed by atoms with E-state index in [1.54, 1.807) is 6.20 Å². The van der Waals surface area contributed by atoms with Crippen LogP contribution in [0.5, 0.6) is 0 Å². The van der Waals surface area contributed by atoms with Gasteiger partial charge in [0.05, 0.1) is 11.9 Å². The lowest BCUT2D eigenvalue weighted by atomic mass is 10.1. The monoisotopic (exact) mass is 221 g/mol. The second kappa shape index (κ2) is 5.16. The van der Waals surface area contributed by atoms with E-state index in [1.165, 1.54) is 6.42 Å². The van der Waals surface area contributed by atoms with Crippen molar-refractivity contribution < 1.29 is 4.74 Å². The number of rotatable bonds is 4. The molecule has 0 bridgehead atoms. The molecule has 4 heteroatoms. The number of nitrogens with two attached hydrogens (primary N) is 1. The van der Waals surface area contributed by atoms with Crippen LogP contribution >= 0.6 is 0 Å². The normalized spacial score (nSPS) is 19.9. The molecule has 1 saturated heterocycles. The lowest BCUT2D eigenvalue weighted by molar-refractivity contribution is 0.185. The third-order valence-electron chi connectivity index (χ3n) is 2.97. The van der Waals surface area contributed by atoms with Crippen LogP contribution in [0.25, 0.3) is 0 Å². The Bertz CT molecular complexity index is 348. The van der Waals surface area contributed by atoms with Crippen molar-refractivity contribution >= 4 is 11.5 Å². The predicted octanol–water partition coefficient (Wildman–Crippen LogP) is 1.81. The summed E-state index contributed by atoms with van der Waals surface area (Å²) in [6.07, 6.45) is 4.02. The van der Waals surface area contributed by atoms with E-state index in [0.29, 0.717) is 11.6 Å². The summed E-state index contributed by atoms with van der Waals surface area (Å²) in [4.78, 5) is 4.27. The van der Waals surface area contributed by atoms with Crippen LogP contribution in [0.4, 0.5) is 11.5 Å². The molecule has 0 amide bonds. The zero-order chi connectivity index (χ0) is 11.4. The van der Waals surface area contributed by atoms with Crippen LogP contribution in [-0.4, -0.2) is 24.7 Å². The molecule has 4 nitrogen and oxygen atoms in total. The molecule has 1 aromatic heterocycles. The fourth-order valence-electron chi connectivity index (χ4n) is 1.99. The number of hydrogen-bond acceptors (Lipinski definition) is 4. The van der Waals surface area contributed by atoms with Crippen LogP contribution in [0.3, 0.4) is 0 Å². The zero-order valence-electron chi connectivity index (χ0n) is 9.70. The van der Waals surface area contributed by atoms with Gasteiger partial charge in [-0.2, -0.15) is 0 Å². The summed E-state index contributed by atoms with van der Waals surface area (Å²) in [6, 6.07) is 1.94. The molecule has 2 heterocycles. The summed E-state index contributed by atoms with van der Waals surface area (Å²) < 4.78 is 5.34. The van der Waals surface area contributed by atoms with Gasteiger partial charge >= 0.3 is 0 Å². The van der Waals surface area contributed by atoms with Gasteiger partial charge in [0.2, 0.25) is 0 Å². The first-order chi connectivity index (χ1) is 7.75. The molecule has 1 fully saturated rings. The summed E-state index contributed by atoms with van der Waals surface area (Å²) in [5.41, 5.74) is 7.46. The molecular weight excluding hydrogens is 202 g/mol. The van der Waals surface area contributed by atoms with Gasteiger partial charge in [-0.05, 0) is 37.3 Å². The number of pyridine rings is 1. The van der Waals surface area contributed by atoms with E-state index in [4.69, 9.17) is 10.5 Å². The lowest BCUT2D eigenvalue weighted by Crippen LogP contribution is -2.10. The first-order valence-corrected chi connectivity index (χ1v) is 5.79. The van der Waals surface area contributed by atoms with Crippen LogP contribution in [0.1, 0.15) is 18.4 Å². The molecular formula is C12H19N3O. The van der Waals surface area contributed by atoms with E-state index in [9.17, 15) is 0 Å². The third kappa shape index (κ3) is 2.85. The van der Waals surface area contributed by atoms with Gasteiger partial charge in [0.1, 0.15) is 5.82 Å². The van der Waals surface area contributed by atoms with Crippen molar-refractivity contribution in [2.24, 2.45) is 5.92 Å². The van der Waals surface area contributed by atoms with Gasteiger partial charge in [-0.3, -0.25) is 0 Å². The molecule has 1 unspecified atom stereocenters. The highest BCUT2D eigenvalue weighted by molar-refractivity contribution is 5.50. The van der Waals surface area contributed by atoms with Crippen molar-refractivity contribution in [1.82, 2.24) is 4.98 Å². The number of nitrogens with zero attached hydrogens (tertiary/aromatic N) is 1. The van der Waals surface area contributed by atoms with Crippen LogP contribution in [0, 0.1) is 12.8 Å². The highest BCUT2D eigenvalue weighted by Crippen LogP contribution is 2.18. The van der Waals surface area contributed by atoms with Gasteiger partial charge in [-0.15, -0.1) is 0 Å². The fourth-order valence-corrected chi connectivity index (χ4v) is 1.99. The summed E-state index contributed by atoms with van der Waals surface area (Å²) in [5, 5.41) is 3.34. The average Bonchev–Trinajstić information content (AvgIpc) is 2.74. The molecule has 1 aliphatic rings. The highest BCUT2D eigenvalue weighted by Gasteiger charge is 2.14. The van der Waals surface area contributed by atoms with Crippen molar-refractivity contribution in [2.75, 3.05) is 30.8 Å². The number of anilines is 2. The second-order valence-electron chi connectivity index (χ2n) is 4.38. The Hall–Kier alpha value is -1.29. The molecule has 0 saturated carbocycles. The largest absolute Gasteiger partial charge is 0.397 e. The maximum atomic E-state index is 5.65. The summed E-state index contributed by atoms with van der Waals surface area (Å²) in [7, 11) is 0. The van der Waals surface area contributed by atoms with E-state index >= 15 is 0 Å². The van der Waals surface area contributed by atoms with E-state index < -0.39 is 0 Å². The number of nitrogen functional groups attached to an aromatic ring is 1. The number of nitrogens with one attached hydrogen (secondary N) is 1. The minimum atomic E-state index is 0.710. The Balaban J connectivity index is 1.80. The average molecular weight is 221 g/mol. The van der Waals surface area contributed by atoms with Crippen LogP contribution in [-0.2, 0) is 4.74 Å². The van der Waals surface area contributed by atoms with Gasteiger partial charge < -0.3 is 15.8 Å². The standard InChI is InChI=1S/C12H19N3O/c1-9-6-11(13)7-15-12(9)14-4-2-10-3-5-16-8-10/h6-7,10H,2-5,8,13H2,1H3,(H,14,15). The Morgan fingerprint density at radius 1 is 1.62 bits per heavy atom. The fraction of sp³-hybridized carbons (Fsp3) is 0.583. The highest BCUT2D eigenvalue weighted by atomic mass is 16.5. The number of aryl methyl sites for hydroxylation is 1. The Kier molecular flexibility index (Phi) is 3.62. The van der Waals surface area contributed by atoms with Gasteiger partial charge in [0, 0.05) is 19.8 Å². The molecule has 0 spiro atoms. The lowest BCUT2D eigenvalue weighted by Gasteiger charge is -2.11. The molecule has 3 N–H and O–H groups in total. The number of ether oxygens (including phenoxy) is 1. The van der Waals surface area contributed by atoms with Crippen molar-refractivity contribution in [3.63, 3.8) is 0 Å². The molecule has 1 aromatic rings. The Morgan fingerprint density at radius 2 is 2.50 bits per heavy atom. The van der Waals surface area contributed by atoms with Gasteiger partial charge in [-0.25, -0.2) is 4.98 Å². The molecule has 0 radical (unpaired) electrons. The van der Waals surface area contributed by atoms with Gasteiger partial charge in [0.25, 0.3) is 0 Å². The maximum absolute atomic E-state index is 5.65. The van der Waals surface area contributed by atoms with Crippen molar-refractivity contribution in [3.8, 4) is 0 Å². The third-order valence-corrected chi connectivity index (χ3v) is 2.97. The van der Waals surface area contributed by atoms with E-state index in [2.05, 4.69) is 10.3 Å². The van der Waals surface area contributed by atoms with E-state index in [1.807, 2.05) is 13.0 Å². The van der Waals surface area contributed by atoms with E-state index in [0.717, 1.165) is 37.6 Å². The summed E-state index contributed by atoms with van der Waals surface area (Å²) in [5.74, 6) is 1.65. The van der Waals surface area contributed by atoms with Crippen molar-refractivity contribution in [3.05, 3.63) is 17.8 Å².